The van der Waals surface area contributed by atoms with Crippen LogP contribution in [0.2, 0.25) is 0 Å². The number of rotatable bonds is 4. The maximum atomic E-state index is 13.0. The Morgan fingerprint density at radius 1 is 1.19 bits per heavy atom. The van der Waals surface area contributed by atoms with Crippen LogP contribution in [0, 0.1) is 12.8 Å². The molecule has 2 aromatic heterocycles. The van der Waals surface area contributed by atoms with Gasteiger partial charge in [0.15, 0.2) is 6.61 Å². The molecule has 1 aliphatic rings. The molecule has 27 heavy (non-hydrogen) atoms. The standard InChI is InChI=1S/C21H24N4O2/c1-14(2)20-18-9-8-15(3)24(18)10-11-25(20)19(26)12-27-21-16-6-4-5-7-17(16)22-13-23-21/h4-9,13-14,20H,10-12H2,1-3H3/t20-/m1/s1. The molecule has 3 aromatic rings. The number of ether oxygens (including phenoxy) is 1. The Kier molecular flexibility index (Phi) is 4.56. The number of carbonyl (C=O) groups is 1. The number of nitrogens with zero attached hydrogens (tertiary/aromatic N) is 4. The summed E-state index contributed by atoms with van der Waals surface area (Å²) in [6.07, 6.45) is 1.47. The van der Waals surface area contributed by atoms with Gasteiger partial charge in [0, 0.05) is 24.5 Å². The van der Waals surface area contributed by atoms with Gasteiger partial charge in [-0.2, -0.15) is 0 Å². The Balaban J connectivity index is 1.54. The van der Waals surface area contributed by atoms with E-state index in [0.29, 0.717) is 18.3 Å². The van der Waals surface area contributed by atoms with Gasteiger partial charge in [-0.1, -0.05) is 26.0 Å². The van der Waals surface area contributed by atoms with Crippen molar-refractivity contribution in [1.82, 2.24) is 19.4 Å². The molecule has 1 aromatic carbocycles. The van der Waals surface area contributed by atoms with Gasteiger partial charge in [-0.05, 0) is 37.1 Å². The molecule has 1 amide bonds. The van der Waals surface area contributed by atoms with Crippen LogP contribution in [-0.2, 0) is 11.3 Å². The number of benzene rings is 1. The van der Waals surface area contributed by atoms with E-state index in [0.717, 1.165) is 17.4 Å². The lowest BCUT2D eigenvalue weighted by Gasteiger charge is -2.39. The summed E-state index contributed by atoms with van der Waals surface area (Å²) in [5, 5.41) is 0.816. The maximum absolute atomic E-state index is 13.0. The van der Waals surface area contributed by atoms with Gasteiger partial charge in [0.1, 0.15) is 6.33 Å². The third-order valence-corrected chi connectivity index (χ3v) is 5.23. The molecule has 1 atom stereocenters. The molecule has 0 saturated carbocycles. The van der Waals surface area contributed by atoms with E-state index in [9.17, 15) is 4.79 Å². The van der Waals surface area contributed by atoms with Crippen molar-refractivity contribution in [2.75, 3.05) is 13.2 Å². The highest BCUT2D eigenvalue weighted by atomic mass is 16.5. The number of hydrogen-bond acceptors (Lipinski definition) is 4. The first-order valence-corrected chi connectivity index (χ1v) is 9.34. The van der Waals surface area contributed by atoms with Gasteiger partial charge in [-0.3, -0.25) is 4.79 Å². The normalized spacial score (nSPS) is 16.6. The predicted octanol–water partition coefficient (Wildman–Crippen LogP) is 3.36. The van der Waals surface area contributed by atoms with Crippen LogP contribution in [0.3, 0.4) is 0 Å². The minimum Gasteiger partial charge on any atom is -0.467 e. The Labute approximate surface area is 158 Å². The molecule has 0 spiro atoms. The van der Waals surface area contributed by atoms with Crippen LogP contribution in [0.5, 0.6) is 5.88 Å². The number of hydrogen-bond donors (Lipinski definition) is 0. The third-order valence-electron chi connectivity index (χ3n) is 5.23. The number of fused-ring (bicyclic) bond motifs is 2. The van der Waals surface area contributed by atoms with Crippen LogP contribution in [0.1, 0.15) is 31.3 Å². The second kappa shape index (κ2) is 7.02. The van der Waals surface area contributed by atoms with Gasteiger partial charge < -0.3 is 14.2 Å². The first-order valence-electron chi connectivity index (χ1n) is 9.34. The van der Waals surface area contributed by atoms with Crippen molar-refractivity contribution in [3.05, 3.63) is 54.1 Å². The first kappa shape index (κ1) is 17.5. The van der Waals surface area contributed by atoms with Crippen molar-refractivity contribution < 1.29 is 9.53 Å². The van der Waals surface area contributed by atoms with Crippen LogP contribution in [0.4, 0.5) is 0 Å². The highest BCUT2D eigenvalue weighted by molar-refractivity contribution is 5.84. The van der Waals surface area contributed by atoms with E-state index >= 15 is 0 Å². The molecule has 0 fully saturated rings. The maximum Gasteiger partial charge on any atom is 0.261 e. The van der Waals surface area contributed by atoms with Crippen molar-refractivity contribution in [3.8, 4) is 5.88 Å². The Bertz CT molecular complexity index is 974. The van der Waals surface area contributed by atoms with Crippen molar-refractivity contribution in [3.63, 3.8) is 0 Å². The summed E-state index contributed by atoms with van der Waals surface area (Å²) in [7, 11) is 0. The zero-order valence-corrected chi connectivity index (χ0v) is 15.9. The minimum absolute atomic E-state index is 0.0125. The zero-order valence-electron chi connectivity index (χ0n) is 15.9. The van der Waals surface area contributed by atoms with Crippen molar-refractivity contribution >= 4 is 16.8 Å². The molecule has 3 heterocycles. The number of aromatic nitrogens is 3. The van der Waals surface area contributed by atoms with Gasteiger partial charge in [0.2, 0.25) is 5.88 Å². The van der Waals surface area contributed by atoms with Gasteiger partial charge >= 0.3 is 0 Å². The fourth-order valence-corrected chi connectivity index (χ4v) is 3.95. The molecular weight excluding hydrogens is 340 g/mol. The number of para-hydroxylation sites is 1. The monoisotopic (exact) mass is 364 g/mol. The number of amides is 1. The van der Waals surface area contributed by atoms with Crippen LogP contribution >= 0.6 is 0 Å². The molecule has 6 nitrogen and oxygen atoms in total. The predicted molar refractivity (Wildman–Crippen MR) is 103 cm³/mol. The van der Waals surface area contributed by atoms with E-state index in [2.05, 4.69) is 47.4 Å². The second-order valence-corrected chi connectivity index (χ2v) is 7.31. The second-order valence-electron chi connectivity index (χ2n) is 7.31. The molecular formula is C21H24N4O2. The summed E-state index contributed by atoms with van der Waals surface area (Å²) in [5.41, 5.74) is 3.25. The minimum atomic E-state index is -0.0239. The van der Waals surface area contributed by atoms with Gasteiger partial charge in [0.25, 0.3) is 5.91 Å². The molecule has 140 valence electrons. The number of aryl methyl sites for hydroxylation is 1. The van der Waals surface area contributed by atoms with Crippen LogP contribution in [0.25, 0.3) is 10.9 Å². The molecule has 0 bridgehead atoms. The summed E-state index contributed by atoms with van der Waals surface area (Å²) in [5.74, 6) is 0.759. The lowest BCUT2D eigenvalue weighted by atomic mass is 9.97. The fourth-order valence-electron chi connectivity index (χ4n) is 3.95. The van der Waals surface area contributed by atoms with E-state index < -0.39 is 0 Å². The molecule has 0 unspecified atom stereocenters. The summed E-state index contributed by atoms with van der Waals surface area (Å²) >= 11 is 0. The van der Waals surface area contributed by atoms with E-state index in [-0.39, 0.29) is 18.6 Å². The first-order chi connectivity index (χ1) is 13.1. The van der Waals surface area contributed by atoms with Crippen molar-refractivity contribution in [1.29, 1.82) is 0 Å². The van der Waals surface area contributed by atoms with E-state index in [1.165, 1.54) is 17.7 Å². The molecule has 0 saturated heterocycles. The van der Waals surface area contributed by atoms with Crippen LogP contribution < -0.4 is 4.74 Å². The molecule has 0 aliphatic carbocycles. The largest absolute Gasteiger partial charge is 0.467 e. The van der Waals surface area contributed by atoms with E-state index in [1.54, 1.807) is 0 Å². The molecule has 6 heteroatoms. The molecule has 0 N–H and O–H groups in total. The smallest absolute Gasteiger partial charge is 0.261 e. The lowest BCUT2D eigenvalue weighted by molar-refractivity contribution is -0.138. The van der Waals surface area contributed by atoms with Crippen LogP contribution in [-0.4, -0.2) is 38.5 Å². The summed E-state index contributed by atoms with van der Waals surface area (Å²) in [6.45, 7) is 7.91. The number of carbonyl (C=O) groups excluding carboxylic acids is 1. The average molecular weight is 364 g/mol. The van der Waals surface area contributed by atoms with E-state index in [4.69, 9.17) is 4.74 Å². The average Bonchev–Trinajstić information content (AvgIpc) is 3.06. The summed E-state index contributed by atoms with van der Waals surface area (Å²) in [4.78, 5) is 23.4. The zero-order chi connectivity index (χ0) is 19.0. The Hall–Kier alpha value is -2.89. The van der Waals surface area contributed by atoms with Gasteiger partial charge in [-0.15, -0.1) is 0 Å². The Morgan fingerprint density at radius 2 is 2.00 bits per heavy atom. The summed E-state index contributed by atoms with van der Waals surface area (Å²) in [6, 6.07) is 12.0. The fraction of sp³-hybridized carbons (Fsp3) is 0.381. The summed E-state index contributed by atoms with van der Waals surface area (Å²) < 4.78 is 8.12. The molecule has 1 aliphatic heterocycles. The van der Waals surface area contributed by atoms with Crippen molar-refractivity contribution in [2.24, 2.45) is 5.92 Å². The molecule has 4 rings (SSSR count). The van der Waals surface area contributed by atoms with Crippen LogP contribution in [0.15, 0.2) is 42.7 Å². The SMILES string of the molecule is Cc1ccc2n1CCN(C(=O)COc1ncnc3ccccc13)[C@@H]2C(C)C. The highest BCUT2D eigenvalue weighted by Crippen LogP contribution is 2.33. The van der Waals surface area contributed by atoms with Gasteiger partial charge in [0.05, 0.1) is 16.9 Å². The molecule has 0 radical (unpaired) electrons. The topological polar surface area (TPSA) is 60.2 Å². The quantitative estimate of drug-likeness (QED) is 0.712. The van der Waals surface area contributed by atoms with Gasteiger partial charge in [-0.25, -0.2) is 9.97 Å². The Morgan fingerprint density at radius 3 is 2.81 bits per heavy atom. The van der Waals surface area contributed by atoms with Crippen molar-refractivity contribution in [2.45, 2.75) is 33.4 Å². The van der Waals surface area contributed by atoms with E-state index in [1.807, 2.05) is 29.2 Å². The third kappa shape index (κ3) is 3.16. The highest BCUT2D eigenvalue weighted by Gasteiger charge is 2.33. The lowest BCUT2D eigenvalue weighted by Crippen LogP contribution is -2.46.